The van der Waals surface area contributed by atoms with Gasteiger partial charge in [-0.15, -0.1) is 0 Å². The van der Waals surface area contributed by atoms with Crippen molar-refractivity contribution in [2.24, 2.45) is 5.73 Å². The molecule has 3 N–H and O–H groups in total. The summed E-state index contributed by atoms with van der Waals surface area (Å²) in [5, 5.41) is 2.85. The molecule has 0 aromatic heterocycles. The van der Waals surface area contributed by atoms with Crippen LogP contribution in [0, 0.1) is 0 Å². The molecule has 10 nitrogen and oxygen atoms in total. The Labute approximate surface area is 206 Å². The fourth-order valence-electron chi connectivity index (χ4n) is 4.39. The van der Waals surface area contributed by atoms with Crippen molar-refractivity contribution in [1.29, 1.82) is 0 Å². The number of hydrogen-bond acceptors (Lipinski definition) is 7. The maximum Gasteiger partial charge on any atom is 0.242 e. The molecule has 1 unspecified atom stereocenters. The summed E-state index contributed by atoms with van der Waals surface area (Å²) >= 11 is 0. The number of benzene rings is 1. The summed E-state index contributed by atoms with van der Waals surface area (Å²) in [6.45, 7) is 9.61. The molecule has 0 radical (unpaired) electrons. The number of nitrogens with zero attached hydrogens (tertiary/aromatic N) is 3. The number of nitrogens with two attached hydrogens (primary N) is 1. The van der Waals surface area contributed by atoms with Crippen LogP contribution in [0.3, 0.4) is 0 Å². The number of methoxy groups -OCH3 is 1. The standard InChI is InChI=1S/C25H35N5O5/c1-17(2)35-23(14-26)21-6-5-20(13-22(21)34-4)28-10-8-24(32)30(12-11-28)16-25(33)29-9-7-19(15-29)27-18(3)31/h5-6,13-14,19H,1,7-12,15-16,26H2,2-4H3,(H,27,31)/b23-14-. The molecule has 0 saturated carbocycles. The summed E-state index contributed by atoms with van der Waals surface area (Å²) in [4.78, 5) is 42.3. The zero-order valence-electron chi connectivity index (χ0n) is 20.7. The molecular formula is C25H35N5O5. The van der Waals surface area contributed by atoms with Gasteiger partial charge < -0.3 is 35.2 Å². The van der Waals surface area contributed by atoms with Gasteiger partial charge in [-0.05, 0) is 25.5 Å². The molecule has 2 fully saturated rings. The van der Waals surface area contributed by atoms with Gasteiger partial charge in [0.1, 0.15) is 5.75 Å². The Morgan fingerprint density at radius 1 is 1.23 bits per heavy atom. The minimum atomic E-state index is -0.102. The lowest BCUT2D eigenvalue weighted by atomic mass is 10.1. The Hall–Kier alpha value is -3.69. The van der Waals surface area contributed by atoms with E-state index in [9.17, 15) is 14.4 Å². The summed E-state index contributed by atoms with van der Waals surface area (Å²) in [5.74, 6) is 1.29. The van der Waals surface area contributed by atoms with Crippen LogP contribution >= 0.6 is 0 Å². The molecular weight excluding hydrogens is 450 g/mol. The maximum atomic E-state index is 12.8. The quantitative estimate of drug-likeness (QED) is 0.533. The van der Waals surface area contributed by atoms with Crippen molar-refractivity contribution in [3.8, 4) is 5.75 Å². The Kier molecular flexibility index (Phi) is 8.62. The van der Waals surface area contributed by atoms with Crippen LogP contribution in [-0.2, 0) is 19.1 Å². The number of carbonyl (C=O) groups is 3. The van der Waals surface area contributed by atoms with Gasteiger partial charge in [-0.1, -0.05) is 6.58 Å². The number of nitrogens with one attached hydrogen (secondary N) is 1. The molecule has 0 aliphatic carbocycles. The average molecular weight is 486 g/mol. The van der Waals surface area contributed by atoms with Gasteiger partial charge in [0.05, 0.1) is 25.0 Å². The van der Waals surface area contributed by atoms with Gasteiger partial charge in [0.15, 0.2) is 5.76 Å². The second-order valence-electron chi connectivity index (χ2n) is 8.80. The second-order valence-corrected chi connectivity index (χ2v) is 8.80. The van der Waals surface area contributed by atoms with Crippen LogP contribution in [0.2, 0.25) is 0 Å². The molecule has 2 aliphatic heterocycles. The summed E-state index contributed by atoms with van der Waals surface area (Å²) in [6.07, 6.45) is 2.40. The third-order valence-electron chi connectivity index (χ3n) is 6.11. The topological polar surface area (TPSA) is 117 Å². The third kappa shape index (κ3) is 6.68. The number of hydrogen-bond donors (Lipinski definition) is 2. The van der Waals surface area contributed by atoms with Crippen LogP contribution in [0.4, 0.5) is 5.69 Å². The van der Waals surface area contributed by atoms with Gasteiger partial charge in [0, 0.05) is 70.1 Å². The largest absolute Gasteiger partial charge is 0.496 e. The second kappa shape index (κ2) is 11.6. The van der Waals surface area contributed by atoms with E-state index in [0.717, 1.165) is 12.1 Å². The monoisotopic (exact) mass is 485 g/mol. The molecule has 35 heavy (non-hydrogen) atoms. The predicted octanol–water partition coefficient (Wildman–Crippen LogP) is 1.28. The molecule has 2 aliphatic rings. The van der Waals surface area contributed by atoms with Gasteiger partial charge in [-0.3, -0.25) is 14.4 Å². The van der Waals surface area contributed by atoms with Gasteiger partial charge in [-0.2, -0.15) is 0 Å². The average Bonchev–Trinajstić information content (AvgIpc) is 3.21. The van der Waals surface area contributed by atoms with Crippen molar-refractivity contribution in [2.45, 2.75) is 32.7 Å². The lowest BCUT2D eigenvalue weighted by Gasteiger charge is -2.26. The Morgan fingerprint density at radius 2 is 2.00 bits per heavy atom. The molecule has 2 saturated heterocycles. The Morgan fingerprint density at radius 3 is 2.66 bits per heavy atom. The highest BCUT2D eigenvalue weighted by Gasteiger charge is 2.30. The summed E-state index contributed by atoms with van der Waals surface area (Å²) in [7, 11) is 1.58. The number of amides is 3. The molecule has 2 heterocycles. The molecule has 1 aromatic carbocycles. The molecule has 0 bridgehead atoms. The molecule has 3 amide bonds. The van der Waals surface area contributed by atoms with E-state index in [2.05, 4.69) is 16.8 Å². The van der Waals surface area contributed by atoms with Crippen molar-refractivity contribution in [3.63, 3.8) is 0 Å². The van der Waals surface area contributed by atoms with Crippen LogP contribution < -0.4 is 20.7 Å². The van der Waals surface area contributed by atoms with E-state index in [0.29, 0.717) is 62.0 Å². The van der Waals surface area contributed by atoms with E-state index >= 15 is 0 Å². The summed E-state index contributed by atoms with van der Waals surface area (Å²) < 4.78 is 11.2. The molecule has 1 aromatic rings. The molecule has 0 spiro atoms. The first kappa shape index (κ1) is 25.9. The van der Waals surface area contributed by atoms with Gasteiger partial charge >= 0.3 is 0 Å². The highest BCUT2D eigenvalue weighted by Crippen LogP contribution is 2.32. The van der Waals surface area contributed by atoms with Gasteiger partial charge in [0.25, 0.3) is 0 Å². The van der Waals surface area contributed by atoms with Crippen molar-refractivity contribution in [3.05, 3.63) is 42.3 Å². The smallest absolute Gasteiger partial charge is 0.242 e. The lowest BCUT2D eigenvalue weighted by molar-refractivity contribution is -0.139. The Bertz CT molecular complexity index is 1010. The first-order valence-corrected chi connectivity index (χ1v) is 11.7. The fraction of sp³-hybridized carbons (Fsp3) is 0.480. The number of rotatable bonds is 8. The fourth-order valence-corrected chi connectivity index (χ4v) is 4.39. The first-order chi connectivity index (χ1) is 16.7. The number of ether oxygens (including phenoxy) is 2. The van der Waals surface area contributed by atoms with E-state index in [1.165, 1.54) is 13.1 Å². The first-order valence-electron chi connectivity index (χ1n) is 11.7. The normalized spacial score (nSPS) is 18.8. The van der Waals surface area contributed by atoms with Gasteiger partial charge in [0.2, 0.25) is 17.7 Å². The van der Waals surface area contributed by atoms with Crippen molar-refractivity contribution < 1.29 is 23.9 Å². The predicted molar refractivity (Wildman–Crippen MR) is 133 cm³/mol. The van der Waals surface area contributed by atoms with Crippen molar-refractivity contribution in [2.75, 3.05) is 51.3 Å². The third-order valence-corrected chi connectivity index (χ3v) is 6.11. The van der Waals surface area contributed by atoms with E-state index in [1.54, 1.807) is 23.8 Å². The number of likely N-dealkylation sites (tertiary alicyclic amines) is 1. The summed E-state index contributed by atoms with van der Waals surface area (Å²) in [5.41, 5.74) is 7.33. The summed E-state index contributed by atoms with van der Waals surface area (Å²) in [6, 6.07) is 5.65. The van der Waals surface area contributed by atoms with Crippen LogP contribution in [0.5, 0.6) is 5.75 Å². The van der Waals surface area contributed by atoms with Crippen molar-refractivity contribution >= 4 is 29.2 Å². The lowest BCUT2D eigenvalue weighted by Crippen LogP contribution is -2.44. The van der Waals surface area contributed by atoms with E-state index in [-0.39, 0.29) is 30.3 Å². The van der Waals surface area contributed by atoms with Crippen LogP contribution in [0.25, 0.3) is 5.76 Å². The molecule has 190 valence electrons. The molecule has 1 atom stereocenters. The Balaban J connectivity index is 1.64. The maximum absolute atomic E-state index is 12.8. The zero-order chi connectivity index (χ0) is 25.5. The number of allylic oxidation sites excluding steroid dienone is 1. The minimum Gasteiger partial charge on any atom is -0.496 e. The number of carbonyl (C=O) groups excluding carboxylic acids is 3. The minimum absolute atomic E-state index is 0.0276. The highest BCUT2D eigenvalue weighted by molar-refractivity contribution is 5.86. The van der Waals surface area contributed by atoms with E-state index in [1.807, 2.05) is 18.2 Å². The zero-order valence-corrected chi connectivity index (χ0v) is 20.7. The van der Waals surface area contributed by atoms with Gasteiger partial charge in [-0.25, -0.2) is 0 Å². The van der Waals surface area contributed by atoms with Crippen LogP contribution in [-0.4, -0.2) is 79.9 Å². The van der Waals surface area contributed by atoms with Crippen LogP contribution in [0.15, 0.2) is 36.7 Å². The number of anilines is 1. The van der Waals surface area contributed by atoms with E-state index < -0.39 is 0 Å². The molecule has 3 rings (SSSR count). The molecule has 10 heteroatoms. The highest BCUT2D eigenvalue weighted by atomic mass is 16.5. The SMILES string of the molecule is C=C(C)O/C(=C\N)c1ccc(N2CCC(=O)N(CC(=O)N3CCC(NC(C)=O)C3)CC2)cc1OC. The van der Waals surface area contributed by atoms with E-state index in [4.69, 9.17) is 15.2 Å². The van der Waals surface area contributed by atoms with Crippen molar-refractivity contribution in [1.82, 2.24) is 15.1 Å². The van der Waals surface area contributed by atoms with Crippen LogP contribution in [0.1, 0.15) is 32.3 Å².